The highest BCUT2D eigenvalue weighted by atomic mass is 16.5. The summed E-state index contributed by atoms with van der Waals surface area (Å²) >= 11 is 0. The number of allylic oxidation sites excluding steroid dienone is 3. The Morgan fingerprint density at radius 1 is 1.30 bits per heavy atom. The van der Waals surface area contributed by atoms with Gasteiger partial charge in [-0.2, -0.15) is 0 Å². The summed E-state index contributed by atoms with van der Waals surface area (Å²) in [6.07, 6.45) is 11.2. The van der Waals surface area contributed by atoms with E-state index in [1.165, 1.54) is 20.1 Å². The molecule has 0 aromatic heterocycles. The van der Waals surface area contributed by atoms with Crippen LogP contribution in [-0.4, -0.2) is 41.6 Å². The van der Waals surface area contributed by atoms with Crippen LogP contribution in [0.5, 0.6) is 0 Å². The normalized spacial score (nSPS) is 23.0. The van der Waals surface area contributed by atoms with Crippen LogP contribution in [0.4, 0.5) is 0 Å². The van der Waals surface area contributed by atoms with Crippen molar-refractivity contribution >= 4 is 17.7 Å². The highest BCUT2D eigenvalue weighted by Gasteiger charge is 2.41. The SMILES string of the molecule is CC/C=C\CC1C(=O)C=CC1(O)CCCCC(CCC(=O)OC)OC(C)=O. The van der Waals surface area contributed by atoms with E-state index in [0.29, 0.717) is 32.1 Å². The molecule has 0 saturated carbocycles. The van der Waals surface area contributed by atoms with Gasteiger partial charge in [0.05, 0.1) is 18.6 Å². The van der Waals surface area contributed by atoms with Crippen molar-refractivity contribution in [3.8, 4) is 0 Å². The van der Waals surface area contributed by atoms with Gasteiger partial charge >= 0.3 is 11.9 Å². The Hall–Kier alpha value is -1.95. The summed E-state index contributed by atoms with van der Waals surface area (Å²) < 4.78 is 9.88. The van der Waals surface area contributed by atoms with Crippen LogP contribution < -0.4 is 0 Å². The molecule has 0 bridgehead atoms. The molecular formula is C21H32O6. The van der Waals surface area contributed by atoms with Crippen molar-refractivity contribution in [3.05, 3.63) is 24.3 Å². The molecule has 0 fully saturated rings. The smallest absolute Gasteiger partial charge is 0.305 e. The Morgan fingerprint density at radius 2 is 2.04 bits per heavy atom. The number of ketones is 1. The highest BCUT2D eigenvalue weighted by molar-refractivity contribution is 5.96. The number of rotatable bonds is 12. The lowest BCUT2D eigenvalue weighted by molar-refractivity contribution is -0.149. The molecule has 3 atom stereocenters. The van der Waals surface area contributed by atoms with Crippen molar-refractivity contribution in [1.82, 2.24) is 0 Å². The minimum absolute atomic E-state index is 0.0332. The number of carbonyl (C=O) groups is 3. The van der Waals surface area contributed by atoms with Crippen molar-refractivity contribution < 1.29 is 29.0 Å². The van der Waals surface area contributed by atoms with E-state index in [2.05, 4.69) is 4.74 Å². The van der Waals surface area contributed by atoms with Crippen LogP contribution in [0.3, 0.4) is 0 Å². The first-order chi connectivity index (χ1) is 12.8. The molecule has 0 aromatic rings. The predicted molar refractivity (Wildman–Crippen MR) is 102 cm³/mol. The molecule has 3 unspecified atom stereocenters. The molecule has 0 spiro atoms. The molecule has 152 valence electrons. The maximum atomic E-state index is 12.0. The number of hydrogen-bond acceptors (Lipinski definition) is 6. The number of ether oxygens (including phenoxy) is 2. The largest absolute Gasteiger partial charge is 0.469 e. The monoisotopic (exact) mass is 380 g/mol. The van der Waals surface area contributed by atoms with Gasteiger partial charge < -0.3 is 14.6 Å². The molecule has 1 aliphatic rings. The minimum atomic E-state index is -1.11. The van der Waals surface area contributed by atoms with Crippen molar-refractivity contribution in [2.75, 3.05) is 7.11 Å². The van der Waals surface area contributed by atoms with Crippen LogP contribution in [0.15, 0.2) is 24.3 Å². The van der Waals surface area contributed by atoms with Crippen molar-refractivity contribution in [3.63, 3.8) is 0 Å². The third-order valence-electron chi connectivity index (χ3n) is 4.84. The standard InChI is InChI=1S/C21H32O6/c1-4-5-6-10-18-19(23)13-15-21(18,25)14-8-7-9-17(27-16(2)22)11-12-20(24)26-3/h5-6,13,15,17-18,25H,4,7-12,14H2,1-3H3/b6-5-. The van der Waals surface area contributed by atoms with E-state index >= 15 is 0 Å². The first kappa shape index (κ1) is 23.1. The Bertz CT molecular complexity index is 565. The second kappa shape index (κ2) is 11.7. The second-order valence-electron chi connectivity index (χ2n) is 6.99. The molecule has 0 aromatic carbocycles. The first-order valence-electron chi connectivity index (χ1n) is 9.67. The zero-order chi connectivity index (χ0) is 20.3. The summed E-state index contributed by atoms with van der Waals surface area (Å²) in [5, 5.41) is 10.9. The average Bonchev–Trinajstić information content (AvgIpc) is 2.91. The minimum Gasteiger partial charge on any atom is -0.469 e. The van der Waals surface area contributed by atoms with Crippen LogP contribution in [-0.2, 0) is 23.9 Å². The third kappa shape index (κ3) is 8.08. The topological polar surface area (TPSA) is 89.9 Å². The van der Waals surface area contributed by atoms with Crippen molar-refractivity contribution in [2.24, 2.45) is 5.92 Å². The quantitative estimate of drug-likeness (QED) is 0.317. The Labute approximate surface area is 161 Å². The molecule has 0 amide bonds. The van der Waals surface area contributed by atoms with E-state index < -0.39 is 11.5 Å². The third-order valence-corrected chi connectivity index (χ3v) is 4.84. The fourth-order valence-electron chi connectivity index (χ4n) is 3.34. The lowest BCUT2D eigenvalue weighted by Crippen LogP contribution is -2.35. The summed E-state index contributed by atoms with van der Waals surface area (Å²) in [6, 6.07) is 0. The average molecular weight is 380 g/mol. The van der Waals surface area contributed by atoms with Crippen LogP contribution in [0, 0.1) is 5.92 Å². The van der Waals surface area contributed by atoms with Crippen LogP contribution >= 0.6 is 0 Å². The van der Waals surface area contributed by atoms with Crippen LogP contribution in [0.1, 0.15) is 65.2 Å². The van der Waals surface area contributed by atoms with Gasteiger partial charge in [0.2, 0.25) is 0 Å². The van der Waals surface area contributed by atoms with Gasteiger partial charge in [0.25, 0.3) is 0 Å². The molecule has 1 aliphatic carbocycles. The van der Waals surface area contributed by atoms with Crippen LogP contribution in [0.2, 0.25) is 0 Å². The molecule has 1 N–H and O–H groups in total. The fourth-order valence-corrected chi connectivity index (χ4v) is 3.34. The zero-order valence-corrected chi connectivity index (χ0v) is 16.6. The molecule has 27 heavy (non-hydrogen) atoms. The van der Waals surface area contributed by atoms with E-state index in [0.717, 1.165) is 12.8 Å². The lowest BCUT2D eigenvalue weighted by atomic mass is 9.83. The van der Waals surface area contributed by atoms with E-state index in [1.54, 1.807) is 6.08 Å². The van der Waals surface area contributed by atoms with Gasteiger partial charge in [-0.1, -0.05) is 25.5 Å². The van der Waals surface area contributed by atoms with Gasteiger partial charge in [0.1, 0.15) is 6.10 Å². The maximum absolute atomic E-state index is 12.0. The fraction of sp³-hybridized carbons (Fsp3) is 0.667. The first-order valence-corrected chi connectivity index (χ1v) is 9.67. The van der Waals surface area contributed by atoms with E-state index in [4.69, 9.17) is 4.74 Å². The van der Waals surface area contributed by atoms with Crippen LogP contribution in [0.25, 0.3) is 0 Å². The lowest BCUT2D eigenvalue weighted by Gasteiger charge is -2.28. The molecule has 0 aliphatic heterocycles. The van der Waals surface area contributed by atoms with Crippen molar-refractivity contribution in [1.29, 1.82) is 0 Å². The van der Waals surface area contributed by atoms with E-state index in [9.17, 15) is 19.5 Å². The Balaban J connectivity index is 2.49. The number of aliphatic hydroxyl groups is 1. The number of carbonyl (C=O) groups excluding carboxylic acids is 3. The number of unbranched alkanes of at least 4 members (excludes halogenated alkanes) is 1. The van der Waals surface area contributed by atoms with Gasteiger partial charge in [-0.05, 0) is 50.7 Å². The summed E-state index contributed by atoms with van der Waals surface area (Å²) in [6.45, 7) is 3.37. The molecule has 1 rings (SSSR count). The Kier molecular flexibility index (Phi) is 10.0. The van der Waals surface area contributed by atoms with Gasteiger partial charge in [-0.25, -0.2) is 0 Å². The van der Waals surface area contributed by atoms with E-state index in [-0.39, 0.29) is 30.2 Å². The summed E-state index contributed by atoms with van der Waals surface area (Å²) in [7, 11) is 1.33. The Morgan fingerprint density at radius 3 is 2.67 bits per heavy atom. The number of methoxy groups -OCH3 is 1. The summed E-state index contributed by atoms with van der Waals surface area (Å²) in [5.41, 5.74) is -1.11. The molecule has 0 heterocycles. The second-order valence-corrected chi connectivity index (χ2v) is 6.99. The maximum Gasteiger partial charge on any atom is 0.305 e. The number of esters is 2. The molecule has 6 nitrogen and oxygen atoms in total. The van der Waals surface area contributed by atoms with Gasteiger partial charge in [-0.3, -0.25) is 14.4 Å². The number of hydrogen-bond donors (Lipinski definition) is 1. The molecule has 0 saturated heterocycles. The predicted octanol–water partition coefficient (Wildman–Crippen LogP) is 3.27. The highest BCUT2D eigenvalue weighted by Crippen LogP contribution is 2.34. The zero-order valence-electron chi connectivity index (χ0n) is 16.6. The van der Waals surface area contributed by atoms with Crippen molar-refractivity contribution in [2.45, 2.75) is 76.9 Å². The summed E-state index contributed by atoms with van der Waals surface area (Å²) in [5.74, 6) is -1.17. The molecule has 0 radical (unpaired) electrons. The summed E-state index contributed by atoms with van der Waals surface area (Å²) in [4.78, 5) is 34.6. The molecule has 6 heteroatoms. The van der Waals surface area contributed by atoms with Gasteiger partial charge in [0.15, 0.2) is 5.78 Å². The van der Waals surface area contributed by atoms with E-state index in [1.807, 2.05) is 19.1 Å². The van der Waals surface area contributed by atoms with Gasteiger partial charge in [-0.15, -0.1) is 0 Å². The van der Waals surface area contributed by atoms with Gasteiger partial charge in [0, 0.05) is 13.3 Å². The molecular weight excluding hydrogens is 348 g/mol.